The average molecular weight is 462 g/mol. The Balaban J connectivity index is 1.59. The molecule has 1 heterocycles. The molecule has 7 nitrogen and oxygen atoms in total. The Morgan fingerprint density at radius 1 is 1.19 bits per heavy atom. The van der Waals surface area contributed by atoms with Crippen molar-refractivity contribution >= 4 is 40.9 Å². The molecule has 0 saturated carbocycles. The number of thioether (sulfide) groups is 1. The molecule has 2 N–H and O–H groups in total. The number of hydrogen-bond acceptors (Lipinski definition) is 5. The summed E-state index contributed by atoms with van der Waals surface area (Å²) in [6.07, 6.45) is 0. The van der Waals surface area contributed by atoms with Crippen LogP contribution in [-0.2, 0) is 17.9 Å². The summed E-state index contributed by atoms with van der Waals surface area (Å²) in [7, 11) is 0. The molecule has 0 aliphatic heterocycles. The minimum absolute atomic E-state index is 0.0834. The normalized spacial score (nSPS) is 10.7. The van der Waals surface area contributed by atoms with Crippen LogP contribution in [0.15, 0.2) is 47.6 Å². The molecular weight excluding hydrogens is 441 g/mol. The second-order valence-corrected chi connectivity index (χ2v) is 7.95. The molecule has 0 spiro atoms. The molecule has 3 rings (SSSR count). The van der Waals surface area contributed by atoms with E-state index in [1.54, 1.807) is 37.3 Å². The molecule has 1 aromatic heterocycles. The summed E-state index contributed by atoms with van der Waals surface area (Å²) < 4.78 is 15.2. The van der Waals surface area contributed by atoms with Crippen molar-refractivity contribution in [2.24, 2.45) is 0 Å². The lowest BCUT2D eigenvalue weighted by molar-refractivity contribution is -0.113. The lowest BCUT2D eigenvalue weighted by atomic mass is 10.2. The number of carbonyl (C=O) groups excluding carboxylic acids is 2. The van der Waals surface area contributed by atoms with Crippen LogP contribution >= 0.6 is 23.4 Å². The van der Waals surface area contributed by atoms with Gasteiger partial charge in [0, 0.05) is 12.2 Å². The SMILES string of the molecule is CCn1c(CNC(=O)c2ccccc2Cl)nnc1SCC(=O)Nc1cc(F)ccc1C. The molecule has 0 aliphatic rings. The molecule has 0 atom stereocenters. The molecule has 0 unspecified atom stereocenters. The zero-order valence-corrected chi connectivity index (χ0v) is 18.6. The fourth-order valence-electron chi connectivity index (χ4n) is 2.82. The standard InChI is InChI=1S/C21H21ClFN5O2S/c1-3-28-18(11-24-20(30)15-6-4-5-7-16(15)22)26-27-21(28)31-12-19(29)25-17-10-14(23)9-8-13(17)2/h4-10H,3,11-12H2,1-2H3,(H,24,30)(H,25,29). The van der Waals surface area contributed by atoms with Gasteiger partial charge in [0.15, 0.2) is 11.0 Å². The Kier molecular flexibility index (Phi) is 7.64. The number of nitrogens with zero attached hydrogens (tertiary/aromatic N) is 3. The number of carbonyl (C=O) groups is 2. The van der Waals surface area contributed by atoms with E-state index >= 15 is 0 Å². The predicted octanol–water partition coefficient (Wildman–Crippen LogP) is 4.06. The molecule has 10 heteroatoms. The summed E-state index contributed by atoms with van der Waals surface area (Å²) in [5, 5.41) is 14.7. The van der Waals surface area contributed by atoms with E-state index in [1.165, 1.54) is 23.9 Å². The maximum Gasteiger partial charge on any atom is 0.253 e. The lowest BCUT2D eigenvalue weighted by Crippen LogP contribution is -2.25. The van der Waals surface area contributed by atoms with Gasteiger partial charge in [-0.15, -0.1) is 10.2 Å². The number of amides is 2. The first kappa shape index (κ1) is 22.8. The van der Waals surface area contributed by atoms with Crippen LogP contribution in [0.1, 0.15) is 28.7 Å². The Morgan fingerprint density at radius 2 is 1.97 bits per heavy atom. The van der Waals surface area contributed by atoms with Gasteiger partial charge in [-0.1, -0.05) is 41.6 Å². The van der Waals surface area contributed by atoms with Gasteiger partial charge in [-0.3, -0.25) is 9.59 Å². The van der Waals surface area contributed by atoms with Gasteiger partial charge < -0.3 is 15.2 Å². The third-order valence-electron chi connectivity index (χ3n) is 4.44. The predicted molar refractivity (Wildman–Crippen MR) is 119 cm³/mol. The number of anilines is 1. The molecule has 2 amide bonds. The van der Waals surface area contributed by atoms with Crippen LogP contribution in [0.2, 0.25) is 5.02 Å². The molecule has 0 aliphatic carbocycles. The molecule has 3 aromatic rings. The maximum atomic E-state index is 13.4. The van der Waals surface area contributed by atoms with Crippen molar-refractivity contribution in [1.82, 2.24) is 20.1 Å². The quantitative estimate of drug-likeness (QED) is 0.494. The van der Waals surface area contributed by atoms with Crippen LogP contribution in [0, 0.1) is 12.7 Å². The average Bonchev–Trinajstić information content (AvgIpc) is 3.15. The maximum absolute atomic E-state index is 13.4. The molecule has 31 heavy (non-hydrogen) atoms. The highest BCUT2D eigenvalue weighted by Crippen LogP contribution is 2.20. The first-order valence-corrected chi connectivity index (χ1v) is 10.9. The van der Waals surface area contributed by atoms with E-state index in [0.717, 1.165) is 5.56 Å². The fourth-order valence-corrected chi connectivity index (χ4v) is 3.86. The molecule has 162 valence electrons. The van der Waals surface area contributed by atoms with E-state index < -0.39 is 5.82 Å². The van der Waals surface area contributed by atoms with Crippen LogP contribution in [0.3, 0.4) is 0 Å². The number of halogens is 2. The van der Waals surface area contributed by atoms with Gasteiger partial charge in [-0.05, 0) is 43.7 Å². The number of rotatable bonds is 8. The highest BCUT2D eigenvalue weighted by molar-refractivity contribution is 7.99. The Labute approximate surface area is 188 Å². The van der Waals surface area contributed by atoms with E-state index in [4.69, 9.17) is 11.6 Å². The molecule has 0 saturated heterocycles. The van der Waals surface area contributed by atoms with Crippen molar-refractivity contribution in [2.75, 3.05) is 11.1 Å². The number of nitrogens with one attached hydrogen (secondary N) is 2. The van der Waals surface area contributed by atoms with E-state index in [9.17, 15) is 14.0 Å². The van der Waals surface area contributed by atoms with Crippen molar-refractivity contribution in [1.29, 1.82) is 0 Å². The molecule has 2 aromatic carbocycles. The van der Waals surface area contributed by atoms with Gasteiger partial charge >= 0.3 is 0 Å². The summed E-state index contributed by atoms with van der Waals surface area (Å²) in [6, 6.07) is 11.0. The largest absolute Gasteiger partial charge is 0.345 e. The lowest BCUT2D eigenvalue weighted by Gasteiger charge is -2.10. The van der Waals surface area contributed by atoms with Gasteiger partial charge in [-0.25, -0.2) is 4.39 Å². The fraction of sp³-hybridized carbons (Fsp3) is 0.238. The van der Waals surface area contributed by atoms with Crippen LogP contribution in [0.4, 0.5) is 10.1 Å². The van der Waals surface area contributed by atoms with Crippen LogP contribution < -0.4 is 10.6 Å². The van der Waals surface area contributed by atoms with Gasteiger partial charge in [0.05, 0.1) is 22.9 Å². The zero-order valence-electron chi connectivity index (χ0n) is 17.0. The summed E-state index contributed by atoms with van der Waals surface area (Å²) in [5.41, 5.74) is 1.59. The minimum atomic E-state index is -0.414. The highest BCUT2D eigenvalue weighted by atomic mass is 35.5. The van der Waals surface area contributed by atoms with Gasteiger partial charge in [0.1, 0.15) is 5.82 Å². The monoisotopic (exact) mass is 461 g/mol. The summed E-state index contributed by atoms with van der Waals surface area (Å²) in [5.74, 6) is -0.358. The van der Waals surface area contributed by atoms with Gasteiger partial charge in [-0.2, -0.15) is 0 Å². The van der Waals surface area contributed by atoms with Crippen molar-refractivity contribution in [2.45, 2.75) is 32.1 Å². The Bertz CT molecular complexity index is 1110. The van der Waals surface area contributed by atoms with E-state index in [2.05, 4.69) is 20.8 Å². The first-order chi connectivity index (χ1) is 14.9. The second-order valence-electron chi connectivity index (χ2n) is 6.60. The topological polar surface area (TPSA) is 88.9 Å². The molecular formula is C21H21ClFN5O2S. The summed E-state index contributed by atoms with van der Waals surface area (Å²) in [4.78, 5) is 24.6. The zero-order chi connectivity index (χ0) is 22.4. The van der Waals surface area contributed by atoms with Crippen molar-refractivity contribution in [3.8, 4) is 0 Å². The number of aromatic nitrogens is 3. The van der Waals surface area contributed by atoms with Crippen molar-refractivity contribution < 1.29 is 14.0 Å². The summed E-state index contributed by atoms with van der Waals surface area (Å²) in [6.45, 7) is 4.44. The molecule has 0 fully saturated rings. The van der Waals surface area contributed by atoms with Crippen LogP contribution in [0.5, 0.6) is 0 Å². The van der Waals surface area contributed by atoms with Gasteiger partial charge in [0.2, 0.25) is 5.91 Å². The second kappa shape index (κ2) is 10.4. The molecule has 0 bridgehead atoms. The highest BCUT2D eigenvalue weighted by Gasteiger charge is 2.16. The smallest absolute Gasteiger partial charge is 0.253 e. The third-order valence-corrected chi connectivity index (χ3v) is 5.74. The minimum Gasteiger partial charge on any atom is -0.345 e. The molecule has 0 radical (unpaired) electrons. The van der Waals surface area contributed by atoms with E-state index in [-0.39, 0.29) is 24.1 Å². The van der Waals surface area contributed by atoms with E-state index in [1.807, 2.05) is 11.5 Å². The Morgan fingerprint density at radius 3 is 2.71 bits per heavy atom. The third kappa shape index (κ3) is 5.83. The van der Waals surface area contributed by atoms with Crippen molar-refractivity contribution in [3.63, 3.8) is 0 Å². The van der Waals surface area contributed by atoms with E-state index in [0.29, 0.717) is 33.8 Å². The van der Waals surface area contributed by atoms with Gasteiger partial charge in [0.25, 0.3) is 5.91 Å². The number of aryl methyl sites for hydroxylation is 1. The number of hydrogen-bond donors (Lipinski definition) is 2. The first-order valence-electron chi connectivity index (χ1n) is 9.52. The number of benzene rings is 2. The van der Waals surface area contributed by atoms with Crippen LogP contribution in [0.25, 0.3) is 0 Å². The van der Waals surface area contributed by atoms with Crippen molar-refractivity contribution in [3.05, 3.63) is 70.3 Å². The summed E-state index contributed by atoms with van der Waals surface area (Å²) >= 11 is 7.27. The Hall–Kier alpha value is -2.91. The van der Waals surface area contributed by atoms with Crippen LogP contribution in [-0.4, -0.2) is 32.3 Å².